The molecular weight excluding hydrogens is 156 g/mol. The number of carbonyl (C=O) groups excluding carboxylic acids is 1. The molecule has 4 atom stereocenters. The van der Waals surface area contributed by atoms with Crippen LogP contribution in [0.2, 0.25) is 0 Å². The van der Waals surface area contributed by atoms with Crippen molar-refractivity contribution in [3.05, 3.63) is 0 Å². The molecule has 0 aromatic heterocycles. The first-order chi connectivity index (χ1) is 5.68. The Hall–Kier alpha value is -0.410. The molecule has 1 saturated carbocycles. The van der Waals surface area contributed by atoms with Gasteiger partial charge in [0.2, 0.25) is 0 Å². The van der Waals surface area contributed by atoms with Crippen molar-refractivity contribution in [3.8, 4) is 0 Å². The molecule has 4 unspecified atom stereocenters. The maximum Gasteiger partial charge on any atom is 0.138 e. The van der Waals surface area contributed by atoms with Crippen LogP contribution in [0, 0.1) is 11.8 Å². The minimum atomic E-state index is 0.00690. The van der Waals surface area contributed by atoms with Crippen molar-refractivity contribution in [3.63, 3.8) is 0 Å². The van der Waals surface area contributed by atoms with Gasteiger partial charge in [0.05, 0.1) is 6.10 Å². The van der Waals surface area contributed by atoms with Gasteiger partial charge in [-0.2, -0.15) is 0 Å². The molecule has 1 aliphatic heterocycles. The quantitative estimate of drug-likeness (QED) is 0.514. The maximum absolute atomic E-state index is 11.4. The van der Waals surface area contributed by atoms with Crippen molar-refractivity contribution in [2.24, 2.45) is 11.8 Å². The van der Waals surface area contributed by atoms with E-state index in [4.69, 9.17) is 9.78 Å². The summed E-state index contributed by atoms with van der Waals surface area (Å²) in [6.45, 7) is 3.88. The van der Waals surface area contributed by atoms with E-state index in [9.17, 15) is 4.79 Å². The molecule has 1 aliphatic carbocycles. The van der Waals surface area contributed by atoms with Gasteiger partial charge in [0, 0.05) is 12.3 Å². The number of ketones is 1. The Labute approximate surface area is 72.0 Å². The van der Waals surface area contributed by atoms with Gasteiger partial charge >= 0.3 is 0 Å². The van der Waals surface area contributed by atoms with Crippen LogP contribution in [0.4, 0.5) is 0 Å². The van der Waals surface area contributed by atoms with E-state index in [2.05, 4.69) is 0 Å². The van der Waals surface area contributed by atoms with E-state index in [1.807, 2.05) is 13.8 Å². The molecule has 12 heavy (non-hydrogen) atoms. The summed E-state index contributed by atoms with van der Waals surface area (Å²) < 4.78 is 0. The molecule has 2 aliphatic rings. The second-order valence-corrected chi connectivity index (χ2v) is 3.89. The van der Waals surface area contributed by atoms with Crippen molar-refractivity contribution in [2.45, 2.75) is 38.9 Å². The molecule has 0 N–H and O–H groups in total. The number of carbonyl (C=O) groups is 1. The van der Waals surface area contributed by atoms with Crippen molar-refractivity contribution in [2.75, 3.05) is 0 Å². The second kappa shape index (κ2) is 2.82. The minimum Gasteiger partial charge on any atom is -0.299 e. The molecule has 0 radical (unpaired) electrons. The molecule has 2 rings (SSSR count). The Balaban J connectivity index is 2.13. The third-order valence-electron chi connectivity index (χ3n) is 3.06. The number of hydrogen-bond donors (Lipinski definition) is 0. The fourth-order valence-corrected chi connectivity index (χ4v) is 1.96. The first kappa shape index (κ1) is 8.20. The molecule has 3 heteroatoms. The average Bonchev–Trinajstić information content (AvgIpc) is 2.06. The minimum absolute atomic E-state index is 0.00690. The van der Waals surface area contributed by atoms with Crippen molar-refractivity contribution >= 4 is 5.78 Å². The van der Waals surface area contributed by atoms with Crippen LogP contribution in [0.25, 0.3) is 0 Å². The zero-order valence-corrected chi connectivity index (χ0v) is 7.45. The number of rotatable bonds is 0. The lowest BCUT2D eigenvalue weighted by Gasteiger charge is -2.39. The van der Waals surface area contributed by atoms with Crippen LogP contribution >= 0.6 is 0 Å². The van der Waals surface area contributed by atoms with E-state index >= 15 is 0 Å². The first-order valence-corrected chi connectivity index (χ1v) is 4.53. The van der Waals surface area contributed by atoms with Crippen molar-refractivity contribution < 1.29 is 14.6 Å². The van der Waals surface area contributed by atoms with Crippen molar-refractivity contribution in [1.82, 2.24) is 0 Å². The fraction of sp³-hybridized carbons (Fsp3) is 0.889. The summed E-state index contributed by atoms with van der Waals surface area (Å²) in [7, 11) is 0. The normalized spacial score (nSPS) is 47.7. The van der Waals surface area contributed by atoms with Crippen LogP contribution in [0.15, 0.2) is 0 Å². The maximum atomic E-state index is 11.4. The lowest BCUT2D eigenvalue weighted by atomic mass is 9.77. The van der Waals surface area contributed by atoms with E-state index in [0.717, 1.165) is 6.42 Å². The lowest BCUT2D eigenvalue weighted by Crippen LogP contribution is -2.45. The molecule has 1 heterocycles. The molecule has 0 spiro atoms. The van der Waals surface area contributed by atoms with Gasteiger partial charge in [-0.25, -0.2) is 9.78 Å². The molecule has 0 amide bonds. The molecule has 2 fully saturated rings. The van der Waals surface area contributed by atoms with Gasteiger partial charge in [-0.15, -0.1) is 0 Å². The fourth-order valence-electron chi connectivity index (χ4n) is 1.96. The monoisotopic (exact) mass is 170 g/mol. The highest BCUT2D eigenvalue weighted by Gasteiger charge is 2.41. The average molecular weight is 170 g/mol. The highest BCUT2D eigenvalue weighted by Crippen LogP contribution is 2.35. The largest absolute Gasteiger partial charge is 0.299 e. The third kappa shape index (κ3) is 1.17. The highest BCUT2D eigenvalue weighted by molar-refractivity contribution is 5.82. The molecule has 2 bridgehead atoms. The first-order valence-electron chi connectivity index (χ1n) is 4.53. The summed E-state index contributed by atoms with van der Waals surface area (Å²) in [6.07, 6.45) is 1.74. The number of fused-ring (bicyclic) bond motifs is 2. The van der Waals surface area contributed by atoms with E-state index in [1.54, 1.807) is 0 Å². The Morgan fingerprint density at radius 3 is 2.83 bits per heavy atom. The second-order valence-electron chi connectivity index (χ2n) is 3.89. The predicted octanol–water partition coefficient (Wildman–Crippen LogP) is 1.32. The molecular formula is C9H14O3. The molecule has 1 saturated heterocycles. The van der Waals surface area contributed by atoms with Gasteiger partial charge in [0.1, 0.15) is 11.9 Å². The highest BCUT2D eigenvalue weighted by atomic mass is 17.2. The summed E-state index contributed by atoms with van der Waals surface area (Å²) in [5, 5.41) is 0. The van der Waals surface area contributed by atoms with Gasteiger partial charge in [-0.05, 0) is 19.3 Å². The summed E-state index contributed by atoms with van der Waals surface area (Å²) >= 11 is 0. The predicted molar refractivity (Wildman–Crippen MR) is 42.3 cm³/mol. The summed E-state index contributed by atoms with van der Waals surface area (Å²) in [5.41, 5.74) is 0. The number of hydrogen-bond acceptors (Lipinski definition) is 3. The van der Waals surface area contributed by atoms with Gasteiger partial charge in [-0.1, -0.05) is 6.92 Å². The summed E-state index contributed by atoms with van der Waals surface area (Å²) in [5.74, 6) is 0.729. The molecule has 0 aromatic carbocycles. The smallest absolute Gasteiger partial charge is 0.138 e. The zero-order chi connectivity index (χ0) is 8.72. The topological polar surface area (TPSA) is 35.5 Å². The van der Waals surface area contributed by atoms with Gasteiger partial charge in [-0.3, -0.25) is 4.79 Å². The van der Waals surface area contributed by atoms with Crippen LogP contribution in [0.5, 0.6) is 0 Å². The molecule has 0 aromatic rings. The Morgan fingerprint density at radius 2 is 2.08 bits per heavy atom. The van der Waals surface area contributed by atoms with Gasteiger partial charge < -0.3 is 0 Å². The van der Waals surface area contributed by atoms with E-state index in [0.29, 0.717) is 18.1 Å². The van der Waals surface area contributed by atoms with Crippen LogP contribution in [0.1, 0.15) is 26.7 Å². The Kier molecular flexibility index (Phi) is 1.93. The van der Waals surface area contributed by atoms with Crippen LogP contribution < -0.4 is 0 Å². The van der Waals surface area contributed by atoms with Crippen LogP contribution in [0.3, 0.4) is 0 Å². The lowest BCUT2D eigenvalue weighted by molar-refractivity contribution is -0.392. The van der Waals surface area contributed by atoms with Gasteiger partial charge in [0.15, 0.2) is 0 Å². The van der Waals surface area contributed by atoms with E-state index < -0.39 is 0 Å². The number of Topliss-reactive ketones (excluding diaryl/α,β-unsaturated/α-hetero) is 1. The Bertz CT molecular complexity index is 202. The SMILES string of the molecule is CC1OOC2CC1CC(=O)C2C. The standard InChI is InChI=1S/C9H14O3/c1-5-8(10)3-7-4-9(5)12-11-6(7)2/h5-7,9H,3-4H2,1-2H3. The molecule has 68 valence electrons. The third-order valence-corrected chi connectivity index (χ3v) is 3.06. The summed E-state index contributed by atoms with van der Waals surface area (Å²) in [4.78, 5) is 21.7. The van der Waals surface area contributed by atoms with Crippen LogP contribution in [-0.4, -0.2) is 18.0 Å². The summed E-state index contributed by atoms with van der Waals surface area (Å²) in [6, 6.07) is 0. The van der Waals surface area contributed by atoms with Crippen LogP contribution in [-0.2, 0) is 14.6 Å². The van der Waals surface area contributed by atoms with Gasteiger partial charge in [0.25, 0.3) is 0 Å². The van der Waals surface area contributed by atoms with E-state index in [-0.39, 0.29) is 18.1 Å². The zero-order valence-electron chi connectivity index (χ0n) is 7.45. The molecule has 3 nitrogen and oxygen atoms in total. The van der Waals surface area contributed by atoms with Crippen molar-refractivity contribution in [1.29, 1.82) is 0 Å². The van der Waals surface area contributed by atoms with E-state index in [1.165, 1.54) is 0 Å². The Morgan fingerprint density at radius 1 is 1.33 bits per heavy atom.